The van der Waals surface area contributed by atoms with E-state index in [2.05, 4.69) is 38.3 Å². The van der Waals surface area contributed by atoms with Gasteiger partial charge in [-0.3, -0.25) is 9.67 Å². The van der Waals surface area contributed by atoms with Gasteiger partial charge in [-0.2, -0.15) is 5.10 Å². The van der Waals surface area contributed by atoms with Crippen molar-refractivity contribution in [1.29, 1.82) is 0 Å². The SMILES string of the molecule is CN=C(NCC(C)CN1CCCC1)N1CCC(c2cnn(C)c2)C1. The van der Waals surface area contributed by atoms with Crippen molar-refractivity contribution in [2.75, 3.05) is 46.3 Å². The van der Waals surface area contributed by atoms with E-state index in [-0.39, 0.29) is 0 Å². The molecule has 3 rings (SSSR count). The summed E-state index contributed by atoms with van der Waals surface area (Å²) in [5.74, 6) is 2.27. The van der Waals surface area contributed by atoms with Crippen LogP contribution in [0.25, 0.3) is 0 Å². The second-order valence-corrected chi connectivity index (χ2v) is 7.42. The maximum Gasteiger partial charge on any atom is 0.193 e. The molecule has 2 aliphatic rings. The van der Waals surface area contributed by atoms with E-state index in [1.54, 1.807) is 0 Å². The highest BCUT2D eigenvalue weighted by Gasteiger charge is 2.27. The molecule has 2 aliphatic heterocycles. The second-order valence-electron chi connectivity index (χ2n) is 7.42. The Bertz CT molecular complexity index is 545. The molecule has 1 aromatic rings. The molecule has 2 unspecified atom stereocenters. The van der Waals surface area contributed by atoms with Crippen LogP contribution in [0.3, 0.4) is 0 Å². The second kappa shape index (κ2) is 8.01. The smallest absolute Gasteiger partial charge is 0.193 e. The summed E-state index contributed by atoms with van der Waals surface area (Å²) in [5.41, 5.74) is 1.35. The van der Waals surface area contributed by atoms with E-state index in [1.165, 1.54) is 44.5 Å². The van der Waals surface area contributed by atoms with Crippen molar-refractivity contribution in [1.82, 2.24) is 24.9 Å². The molecule has 0 aliphatic carbocycles. The first-order valence-electron chi connectivity index (χ1n) is 9.32. The summed E-state index contributed by atoms with van der Waals surface area (Å²) >= 11 is 0. The zero-order valence-electron chi connectivity index (χ0n) is 15.4. The topological polar surface area (TPSA) is 48.7 Å². The normalized spacial score (nSPS) is 23.9. The molecule has 0 radical (unpaired) electrons. The lowest BCUT2D eigenvalue weighted by Gasteiger charge is -2.25. The van der Waals surface area contributed by atoms with Crippen molar-refractivity contribution < 1.29 is 0 Å². The molecule has 0 saturated carbocycles. The molecule has 1 N–H and O–H groups in total. The largest absolute Gasteiger partial charge is 0.356 e. The Hall–Kier alpha value is -1.56. The fraction of sp³-hybridized carbons (Fsp3) is 0.778. The molecule has 6 heteroatoms. The van der Waals surface area contributed by atoms with E-state index in [4.69, 9.17) is 0 Å². The van der Waals surface area contributed by atoms with Crippen molar-refractivity contribution in [2.45, 2.75) is 32.1 Å². The number of hydrogen-bond donors (Lipinski definition) is 1. The van der Waals surface area contributed by atoms with Gasteiger partial charge < -0.3 is 15.1 Å². The Morgan fingerprint density at radius 1 is 1.38 bits per heavy atom. The summed E-state index contributed by atoms with van der Waals surface area (Å²) in [6.07, 6.45) is 8.05. The molecule has 6 nitrogen and oxygen atoms in total. The molecule has 2 fully saturated rings. The van der Waals surface area contributed by atoms with Crippen LogP contribution in [0.4, 0.5) is 0 Å². The molecule has 0 aromatic carbocycles. The fourth-order valence-electron chi connectivity index (χ4n) is 3.94. The molecular formula is C18H32N6. The van der Waals surface area contributed by atoms with E-state index in [0.29, 0.717) is 11.8 Å². The highest BCUT2D eigenvalue weighted by atomic mass is 15.3. The third-order valence-electron chi connectivity index (χ3n) is 5.27. The van der Waals surface area contributed by atoms with Crippen LogP contribution in [0, 0.1) is 5.92 Å². The van der Waals surface area contributed by atoms with Gasteiger partial charge in [0.1, 0.15) is 0 Å². The zero-order chi connectivity index (χ0) is 16.9. The molecule has 134 valence electrons. The molecule has 0 spiro atoms. The summed E-state index contributed by atoms with van der Waals surface area (Å²) in [5, 5.41) is 7.90. The van der Waals surface area contributed by atoms with Crippen LogP contribution >= 0.6 is 0 Å². The quantitative estimate of drug-likeness (QED) is 0.656. The lowest BCUT2D eigenvalue weighted by atomic mass is 10.0. The number of likely N-dealkylation sites (tertiary alicyclic amines) is 2. The Kier molecular flexibility index (Phi) is 5.76. The van der Waals surface area contributed by atoms with Crippen molar-refractivity contribution >= 4 is 5.96 Å². The van der Waals surface area contributed by atoms with Crippen LogP contribution in [0.5, 0.6) is 0 Å². The summed E-state index contributed by atoms with van der Waals surface area (Å²) in [7, 11) is 3.88. The Balaban J connectivity index is 1.46. The molecule has 0 bridgehead atoms. The van der Waals surface area contributed by atoms with Gasteiger partial charge in [0.2, 0.25) is 0 Å². The van der Waals surface area contributed by atoms with Crippen LogP contribution in [-0.2, 0) is 7.05 Å². The maximum absolute atomic E-state index is 4.50. The van der Waals surface area contributed by atoms with E-state index >= 15 is 0 Å². The predicted molar refractivity (Wildman–Crippen MR) is 98.3 cm³/mol. The zero-order valence-corrected chi connectivity index (χ0v) is 15.4. The van der Waals surface area contributed by atoms with E-state index in [9.17, 15) is 0 Å². The third-order valence-corrected chi connectivity index (χ3v) is 5.27. The number of hydrogen-bond acceptors (Lipinski definition) is 3. The van der Waals surface area contributed by atoms with Crippen LogP contribution in [0.2, 0.25) is 0 Å². The molecule has 0 amide bonds. The van der Waals surface area contributed by atoms with Crippen molar-refractivity contribution in [3.8, 4) is 0 Å². The lowest BCUT2D eigenvalue weighted by Crippen LogP contribution is -2.43. The summed E-state index contributed by atoms with van der Waals surface area (Å²) in [4.78, 5) is 9.48. The predicted octanol–water partition coefficient (Wildman–Crippen LogP) is 1.52. The Morgan fingerprint density at radius 3 is 2.83 bits per heavy atom. The van der Waals surface area contributed by atoms with Crippen LogP contribution in [-0.4, -0.2) is 71.9 Å². The number of aliphatic imine (C=N–C) groups is 1. The van der Waals surface area contributed by atoms with Gasteiger partial charge in [-0.1, -0.05) is 6.92 Å². The van der Waals surface area contributed by atoms with Gasteiger partial charge in [0.25, 0.3) is 0 Å². The van der Waals surface area contributed by atoms with Gasteiger partial charge in [0, 0.05) is 52.4 Å². The number of aromatic nitrogens is 2. The summed E-state index contributed by atoms with van der Waals surface area (Å²) < 4.78 is 1.89. The van der Waals surface area contributed by atoms with Crippen LogP contribution in [0.15, 0.2) is 17.4 Å². The van der Waals surface area contributed by atoms with Crippen LogP contribution in [0.1, 0.15) is 37.7 Å². The number of rotatable bonds is 5. The number of guanidine groups is 1. The summed E-state index contributed by atoms with van der Waals surface area (Å²) in [6, 6.07) is 0. The van der Waals surface area contributed by atoms with E-state index in [0.717, 1.165) is 25.6 Å². The molecule has 2 atom stereocenters. The highest BCUT2D eigenvalue weighted by molar-refractivity contribution is 5.80. The maximum atomic E-state index is 4.50. The fourth-order valence-corrected chi connectivity index (χ4v) is 3.94. The van der Waals surface area contributed by atoms with Gasteiger partial charge in [-0.05, 0) is 43.8 Å². The standard InChI is InChI=1S/C18H32N6/c1-15(12-23-7-4-5-8-23)10-20-18(19-2)24-9-6-16(14-24)17-11-21-22(3)13-17/h11,13,15-16H,4-10,12,14H2,1-3H3,(H,19,20). The Morgan fingerprint density at radius 2 is 2.17 bits per heavy atom. The first-order valence-corrected chi connectivity index (χ1v) is 9.32. The average Bonchev–Trinajstić information content (AvgIpc) is 3.29. The highest BCUT2D eigenvalue weighted by Crippen LogP contribution is 2.26. The van der Waals surface area contributed by atoms with Gasteiger partial charge >= 0.3 is 0 Å². The van der Waals surface area contributed by atoms with E-state index < -0.39 is 0 Å². The van der Waals surface area contributed by atoms with Crippen molar-refractivity contribution in [2.24, 2.45) is 18.0 Å². The molecule has 1 aromatic heterocycles. The van der Waals surface area contributed by atoms with Crippen LogP contribution < -0.4 is 5.32 Å². The van der Waals surface area contributed by atoms with Gasteiger partial charge in [0.15, 0.2) is 5.96 Å². The van der Waals surface area contributed by atoms with Crippen molar-refractivity contribution in [3.05, 3.63) is 18.0 Å². The van der Waals surface area contributed by atoms with Crippen molar-refractivity contribution in [3.63, 3.8) is 0 Å². The summed E-state index contributed by atoms with van der Waals surface area (Å²) in [6.45, 7) is 9.18. The minimum atomic E-state index is 0.569. The van der Waals surface area contributed by atoms with Gasteiger partial charge in [-0.25, -0.2) is 0 Å². The molecule has 2 saturated heterocycles. The van der Waals surface area contributed by atoms with E-state index in [1.807, 2.05) is 25.0 Å². The number of aryl methyl sites for hydroxylation is 1. The number of nitrogens with zero attached hydrogens (tertiary/aromatic N) is 5. The van der Waals surface area contributed by atoms with Gasteiger partial charge in [0.05, 0.1) is 6.20 Å². The van der Waals surface area contributed by atoms with Gasteiger partial charge in [-0.15, -0.1) is 0 Å². The number of nitrogens with one attached hydrogen (secondary N) is 1. The molecule has 3 heterocycles. The Labute approximate surface area is 145 Å². The molecular weight excluding hydrogens is 300 g/mol. The average molecular weight is 332 g/mol. The monoisotopic (exact) mass is 332 g/mol. The third kappa shape index (κ3) is 4.29. The molecule has 24 heavy (non-hydrogen) atoms. The first-order chi connectivity index (χ1) is 11.7. The minimum Gasteiger partial charge on any atom is -0.356 e. The minimum absolute atomic E-state index is 0.569. The first kappa shape index (κ1) is 17.3. The lowest BCUT2D eigenvalue weighted by molar-refractivity contribution is 0.286.